The first-order valence-electron chi connectivity index (χ1n) is 24.4. The number of carbonyl (C=O) groups is 9. The van der Waals surface area contributed by atoms with Crippen molar-refractivity contribution in [3.05, 3.63) is 105 Å². The summed E-state index contributed by atoms with van der Waals surface area (Å²) < 4.78 is 40.9. The number of thiophene rings is 1. The van der Waals surface area contributed by atoms with Crippen molar-refractivity contribution in [1.29, 1.82) is 0 Å². The van der Waals surface area contributed by atoms with Crippen LogP contribution in [0.25, 0.3) is 10.1 Å². The zero-order valence-electron chi connectivity index (χ0n) is 40.9. The fourth-order valence-electron chi connectivity index (χ4n) is 9.86. The van der Waals surface area contributed by atoms with Gasteiger partial charge in [0.15, 0.2) is 0 Å². The number of benzene rings is 3. The van der Waals surface area contributed by atoms with Crippen LogP contribution in [0.4, 0.5) is 8.78 Å². The smallest absolute Gasteiger partial charge is 0.370 e. The van der Waals surface area contributed by atoms with Gasteiger partial charge in [-0.15, -0.1) is 11.3 Å². The quantitative estimate of drug-likeness (QED) is 0.0344. The molecule has 1 unspecified atom stereocenters. The van der Waals surface area contributed by atoms with E-state index in [0.717, 1.165) is 23.5 Å². The van der Waals surface area contributed by atoms with Gasteiger partial charge in [-0.25, -0.2) is 0 Å². The van der Waals surface area contributed by atoms with Gasteiger partial charge in [-0.2, -0.15) is 8.78 Å². The molecule has 0 radical (unpaired) electrons. The summed E-state index contributed by atoms with van der Waals surface area (Å²) in [4.78, 5) is 143. The predicted molar refractivity (Wildman–Crippen MR) is 269 cm³/mol. The second-order valence-electron chi connectivity index (χ2n) is 19.0. The van der Waals surface area contributed by atoms with Gasteiger partial charge in [0.05, 0.1) is 4.88 Å². The highest BCUT2D eigenvalue weighted by molar-refractivity contribution is 7.52. The molecule has 0 spiro atoms. The minimum Gasteiger partial charge on any atom is -0.370 e. The molecule has 8 rings (SSSR count). The maximum atomic E-state index is 14.5. The van der Waals surface area contributed by atoms with E-state index in [4.69, 9.17) is 5.73 Å². The molecule has 0 aliphatic carbocycles. The van der Waals surface area contributed by atoms with Crippen molar-refractivity contribution in [2.24, 2.45) is 5.73 Å². The third-order valence-corrected chi connectivity index (χ3v) is 15.9. The molecule has 400 valence electrons. The van der Waals surface area contributed by atoms with Crippen molar-refractivity contribution < 1.29 is 66.3 Å². The molecule has 21 nitrogen and oxygen atoms in total. The Labute approximate surface area is 437 Å². The number of hydrogen-bond acceptors (Lipinski definition) is 12. The van der Waals surface area contributed by atoms with Crippen LogP contribution in [-0.2, 0) is 50.3 Å². The molecule has 4 aromatic rings. The highest BCUT2D eigenvalue weighted by Crippen LogP contribution is 2.59. The van der Waals surface area contributed by atoms with E-state index in [-0.39, 0.29) is 74.3 Å². The van der Waals surface area contributed by atoms with Crippen molar-refractivity contribution in [1.82, 2.24) is 41.3 Å². The van der Waals surface area contributed by atoms with Gasteiger partial charge in [0, 0.05) is 66.3 Å². The second kappa shape index (κ2) is 22.8. The number of alkyl halides is 2. The summed E-state index contributed by atoms with van der Waals surface area (Å²) in [5.41, 5.74) is 2.03. The van der Waals surface area contributed by atoms with E-state index < -0.39 is 102 Å². The van der Waals surface area contributed by atoms with Gasteiger partial charge >= 0.3 is 13.3 Å². The number of halogens is 2. The van der Waals surface area contributed by atoms with Crippen LogP contribution in [0, 0.1) is 11.8 Å². The van der Waals surface area contributed by atoms with E-state index >= 15 is 0 Å². The molecule has 25 heteroatoms. The minimum absolute atomic E-state index is 0.0178. The summed E-state index contributed by atoms with van der Waals surface area (Å²) in [5.74, 6) is 0.465. The first-order chi connectivity index (χ1) is 36.1. The zero-order valence-corrected chi connectivity index (χ0v) is 42.6. The number of primary amides is 1. The maximum absolute atomic E-state index is 14.5. The lowest BCUT2D eigenvalue weighted by Crippen LogP contribution is -2.61. The van der Waals surface area contributed by atoms with Crippen molar-refractivity contribution in [2.45, 2.75) is 99.8 Å². The van der Waals surface area contributed by atoms with E-state index in [1.54, 1.807) is 55.6 Å². The van der Waals surface area contributed by atoms with Gasteiger partial charge in [-0.05, 0) is 92.5 Å². The van der Waals surface area contributed by atoms with Gasteiger partial charge in [0.2, 0.25) is 41.4 Å². The Kier molecular flexibility index (Phi) is 16.5. The molecule has 4 aliphatic rings. The number of nitrogens with one attached hydrogen (secondary N) is 5. The highest BCUT2D eigenvalue weighted by atomic mass is 32.1. The zero-order chi connectivity index (χ0) is 54.6. The molecule has 3 saturated heterocycles. The Morgan fingerprint density at radius 2 is 1.71 bits per heavy atom. The molecule has 1 aromatic heterocycles. The number of likely N-dealkylation sites (N-methyl/N-ethyl adjacent to an activating group) is 1. The Balaban J connectivity index is 0.928. The number of imide groups is 1. The number of nitrogens with two attached hydrogens (primary N) is 1. The lowest BCUT2D eigenvalue weighted by atomic mass is 10.0. The van der Waals surface area contributed by atoms with E-state index in [1.165, 1.54) is 21.9 Å². The number of amides is 9. The van der Waals surface area contributed by atoms with Gasteiger partial charge in [-0.1, -0.05) is 54.3 Å². The number of nitrogens with zero attached hydrogens (tertiary/aromatic N) is 3. The lowest BCUT2D eigenvalue weighted by molar-refractivity contribution is -0.144. The third kappa shape index (κ3) is 12.0. The molecule has 3 aromatic carbocycles. The van der Waals surface area contributed by atoms with E-state index in [9.17, 15) is 66.3 Å². The molecule has 3 fully saturated rings. The Bertz CT molecular complexity index is 3120. The number of fused-ring (bicyclic) bond motifs is 3. The summed E-state index contributed by atoms with van der Waals surface area (Å²) >= 11 is 0.909. The molecule has 76 heavy (non-hydrogen) atoms. The number of rotatable bonds is 16. The normalized spacial score (nSPS) is 20.8. The molecule has 0 saturated carbocycles. The monoisotopic (exact) mass is 1090 g/mol. The molecule has 4 aliphatic heterocycles. The fourth-order valence-corrected chi connectivity index (χ4v) is 11.3. The topological polar surface area (TPSA) is 307 Å². The molecule has 9 amide bonds. The van der Waals surface area contributed by atoms with Crippen molar-refractivity contribution in [3.63, 3.8) is 0 Å². The Hall–Kier alpha value is -7.42. The van der Waals surface area contributed by atoms with Gasteiger partial charge < -0.3 is 51.5 Å². The van der Waals surface area contributed by atoms with Crippen molar-refractivity contribution in [2.75, 3.05) is 26.7 Å². The van der Waals surface area contributed by atoms with Crippen molar-refractivity contribution in [3.8, 4) is 11.8 Å². The Morgan fingerprint density at radius 3 is 2.43 bits per heavy atom. The summed E-state index contributed by atoms with van der Waals surface area (Å²) in [6.45, 7) is 0.648. The standard InChI is InChI=1S/C51H54F2N9O12PS/c1-60-23-21-32-14-16-38(62(32)50(71)36(27-60)57-47(68)40-25-30-24-31(13-18-39(30)76-40)51(52,53)75(72,73)74)46(67)56-35(15-19-41(54)63)44(65)59-43(29-9-3-2-4-10-29)48(69)55-22-6-5-8-28-11-7-12-33-34(28)26-61(49(33)70)37-17-20-42(64)58-45(37)66/h2-4,7,9-13,18,24-25,32,35-38,43H,6,14-17,19-23,26-27H2,1H3,(H2,54,63)(H,55,69)(H,56,67)(H,57,68)(H,59,65)(H,58,64,66)(H2,72,73,74)/t32-,35+,36+,37?,38+,43+/m1/s1. The average Bonchev–Trinajstić information content (AvgIpc) is 4.11. The first-order valence-corrected chi connectivity index (χ1v) is 26.8. The number of carbonyl (C=O) groups excluding carboxylic acids is 9. The first kappa shape index (κ1) is 54.8. The van der Waals surface area contributed by atoms with E-state index in [0.29, 0.717) is 46.3 Å². The van der Waals surface area contributed by atoms with Gasteiger partial charge in [0.25, 0.3) is 11.8 Å². The third-order valence-electron chi connectivity index (χ3n) is 13.8. The number of hydrogen-bond donors (Lipinski definition) is 8. The minimum atomic E-state index is -5.87. The van der Waals surface area contributed by atoms with Crippen molar-refractivity contribution >= 4 is 82.2 Å². The van der Waals surface area contributed by atoms with Crippen LogP contribution >= 0.6 is 18.9 Å². The van der Waals surface area contributed by atoms with Crippen LogP contribution in [0.1, 0.15) is 99.7 Å². The highest BCUT2D eigenvalue weighted by Gasteiger charge is 2.51. The molecular formula is C51H54F2N9O12PS. The molecule has 6 atom stereocenters. The fraction of sp³-hybridized carbons (Fsp3) is 0.392. The van der Waals surface area contributed by atoms with E-state index in [2.05, 4.69) is 38.4 Å². The van der Waals surface area contributed by atoms with Crippen LogP contribution in [-0.4, -0.2) is 135 Å². The van der Waals surface area contributed by atoms with Gasteiger partial charge in [-0.3, -0.25) is 53.0 Å². The van der Waals surface area contributed by atoms with Crippen LogP contribution in [0.5, 0.6) is 0 Å². The second-order valence-corrected chi connectivity index (χ2v) is 21.7. The van der Waals surface area contributed by atoms with Crippen LogP contribution in [0.2, 0.25) is 0 Å². The molecular weight excluding hydrogens is 1030 g/mol. The Morgan fingerprint density at radius 1 is 0.947 bits per heavy atom. The SMILES string of the molecule is CN1CC[C@H]2CC[C@@H](C(=O)N[C@@H](CCC(N)=O)C(=O)N[C@H](C(=O)NCCC#Cc3cccc4c3CN(C3CCC(=O)NC3=O)C4=O)c3ccccc3)N2C(=O)[C@@H](NC(=O)c2cc3cc(C(F)(F)P(=O)(O)O)ccc3s2)C1. The summed E-state index contributed by atoms with van der Waals surface area (Å²) in [7, 11) is -4.11. The van der Waals surface area contributed by atoms with Gasteiger partial charge in [0.1, 0.15) is 30.2 Å². The lowest BCUT2D eigenvalue weighted by Gasteiger charge is -2.38. The van der Waals surface area contributed by atoms with E-state index in [1.807, 2.05) is 4.90 Å². The average molecular weight is 1090 g/mol. The molecule has 9 N–H and O–H groups in total. The summed E-state index contributed by atoms with van der Waals surface area (Å²) in [5, 5.41) is 13.3. The summed E-state index contributed by atoms with van der Waals surface area (Å²) in [6, 6.07) is 11.2. The molecule has 0 bridgehead atoms. The largest absolute Gasteiger partial charge is 0.399 e. The maximum Gasteiger partial charge on any atom is 0.399 e. The molecule has 5 heterocycles. The van der Waals surface area contributed by atoms with Crippen LogP contribution in [0.3, 0.4) is 0 Å². The number of piperidine rings is 1. The summed E-state index contributed by atoms with van der Waals surface area (Å²) in [6.07, 6.45) is 0.894. The van der Waals surface area contributed by atoms with Crippen LogP contribution < -0.4 is 32.3 Å². The van der Waals surface area contributed by atoms with Crippen LogP contribution in [0.15, 0.2) is 72.8 Å². The predicted octanol–water partition coefficient (Wildman–Crippen LogP) is 1.85.